The molecule has 1 aromatic rings. The molecule has 96 valence electrons. The molecule has 1 rings (SSSR count). The fourth-order valence-electron chi connectivity index (χ4n) is 1.08. The Labute approximate surface area is 98.6 Å². The third-order valence-corrected chi connectivity index (χ3v) is 3.37. The van der Waals surface area contributed by atoms with Crippen LogP contribution in [0.4, 0.5) is 8.78 Å². The Hall–Kier alpha value is -1.21. The monoisotopic (exact) mass is 265 g/mol. The zero-order chi connectivity index (χ0) is 12.9. The lowest BCUT2D eigenvalue weighted by Crippen LogP contribution is -2.24. The van der Waals surface area contributed by atoms with Gasteiger partial charge in [-0.3, -0.25) is 0 Å². The van der Waals surface area contributed by atoms with Gasteiger partial charge in [0.1, 0.15) is 5.75 Å². The third-order valence-electron chi connectivity index (χ3n) is 2.02. The highest BCUT2D eigenvalue weighted by atomic mass is 32.2. The van der Waals surface area contributed by atoms with Crippen LogP contribution in [0.5, 0.6) is 5.75 Å². The normalized spacial score (nSPS) is 11.8. The first-order valence-electron chi connectivity index (χ1n) is 4.94. The Kier molecular flexibility index (Phi) is 4.83. The van der Waals surface area contributed by atoms with Gasteiger partial charge in [0.15, 0.2) is 0 Å². The zero-order valence-electron chi connectivity index (χ0n) is 9.19. The lowest BCUT2D eigenvalue weighted by molar-refractivity contribution is -0.0498. The van der Waals surface area contributed by atoms with Gasteiger partial charge in [0.05, 0.1) is 5.75 Å². The molecular formula is C10H13F2NO3S. The van der Waals surface area contributed by atoms with Crippen molar-refractivity contribution >= 4 is 10.0 Å². The predicted octanol–water partition coefficient (Wildman–Crippen LogP) is 1.73. The molecule has 0 radical (unpaired) electrons. The van der Waals surface area contributed by atoms with Crippen LogP contribution in [0.15, 0.2) is 24.3 Å². The van der Waals surface area contributed by atoms with E-state index >= 15 is 0 Å². The van der Waals surface area contributed by atoms with Gasteiger partial charge in [-0.2, -0.15) is 8.78 Å². The summed E-state index contributed by atoms with van der Waals surface area (Å²) in [5, 5.41) is 0. The summed E-state index contributed by atoms with van der Waals surface area (Å²) in [7, 11) is -3.25. The quantitative estimate of drug-likeness (QED) is 0.852. The summed E-state index contributed by atoms with van der Waals surface area (Å²) in [5.41, 5.74) is 0.670. The Balaban J connectivity index is 2.57. The van der Waals surface area contributed by atoms with Crippen molar-refractivity contribution in [3.05, 3.63) is 29.8 Å². The van der Waals surface area contributed by atoms with Crippen molar-refractivity contribution in [1.82, 2.24) is 4.72 Å². The van der Waals surface area contributed by atoms with E-state index in [9.17, 15) is 17.2 Å². The first kappa shape index (κ1) is 13.9. The van der Waals surface area contributed by atoms with E-state index in [0.29, 0.717) is 5.56 Å². The van der Waals surface area contributed by atoms with E-state index in [0.717, 1.165) is 0 Å². The fourth-order valence-corrected chi connectivity index (χ4v) is 1.67. The van der Waals surface area contributed by atoms with Gasteiger partial charge in [-0.1, -0.05) is 12.1 Å². The second-order valence-corrected chi connectivity index (χ2v) is 5.34. The molecule has 1 aromatic carbocycles. The van der Waals surface area contributed by atoms with Gasteiger partial charge >= 0.3 is 6.61 Å². The average Bonchev–Trinajstić information content (AvgIpc) is 2.28. The number of alkyl halides is 2. The fraction of sp³-hybridized carbons (Fsp3) is 0.400. The average molecular weight is 265 g/mol. The second kappa shape index (κ2) is 5.92. The van der Waals surface area contributed by atoms with Crippen LogP contribution in [0, 0.1) is 0 Å². The van der Waals surface area contributed by atoms with Crippen LogP contribution in [0.1, 0.15) is 12.5 Å². The maximum absolute atomic E-state index is 11.9. The topological polar surface area (TPSA) is 55.4 Å². The number of hydrogen-bond donors (Lipinski definition) is 1. The Morgan fingerprint density at radius 3 is 2.35 bits per heavy atom. The van der Waals surface area contributed by atoms with Crippen molar-refractivity contribution in [2.45, 2.75) is 20.1 Å². The molecule has 0 spiro atoms. The summed E-state index contributed by atoms with van der Waals surface area (Å²) in [4.78, 5) is 0. The molecule has 0 atom stereocenters. The number of rotatable bonds is 6. The van der Waals surface area contributed by atoms with Gasteiger partial charge in [0.25, 0.3) is 0 Å². The number of nitrogens with one attached hydrogen (secondary N) is 1. The van der Waals surface area contributed by atoms with Crippen LogP contribution in [0.3, 0.4) is 0 Å². The maximum Gasteiger partial charge on any atom is 0.387 e. The summed E-state index contributed by atoms with van der Waals surface area (Å²) < 4.78 is 52.5. The van der Waals surface area contributed by atoms with E-state index in [1.165, 1.54) is 31.2 Å². The van der Waals surface area contributed by atoms with Crippen molar-refractivity contribution < 1.29 is 21.9 Å². The van der Waals surface area contributed by atoms with Gasteiger partial charge in [0, 0.05) is 6.54 Å². The van der Waals surface area contributed by atoms with Gasteiger partial charge in [0.2, 0.25) is 10.0 Å². The molecule has 0 fully saturated rings. The number of halogens is 2. The van der Waals surface area contributed by atoms with E-state index in [-0.39, 0.29) is 18.0 Å². The van der Waals surface area contributed by atoms with Crippen LogP contribution in [-0.4, -0.2) is 20.8 Å². The summed E-state index contributed by atoms with van der Waals surface area (Å²) in [6.45, 7) is -1.20. The van der Waals surface area contributed by atoms with Gasteiger partial charge < -0.3 is 4.74 Å². The van der Waals surface area contributed by atoms with E-state index in [1.807, 2.05) is 0 Å². The molecule has 1 N–H and O–H groups in total. The van der Waals surface area contributed by atoms with E-state index in [2.05, 4.69) is 9.46 Å². The summed E-state index contributed by atoms with van der Waals surface area (Å²) in [6.07, 6.45) is 0. The highest BCUT2D eigenvalue weighted by molar-refractivity contribution is 7.89. The number of hydrogen-bond acceptors (Lipinski definition) is 3. The van der Waals surface area contributed by atoms with E-state index < -0.39 is 16.6 Å². The first-order chi connectivity index (χ1) is 7.93. The van der Waals surface area contributed by atoms with Crippen molar-refractivity contribution in [3.8, 4) is 5.75 Å². The molecule has 4 nitrogen and oxygen atoms in total. The lowest BCUT2D eigenvalue weighted by Gasteiger charge is -2.06. The molecule has 0 amide bonds. The smallest absolute Gasteiger partial charge is 0.387 e. The molecule has 0 saturated heterocycles. The minimum Gasteiger partial charge on any atom is -0.435 e. The number of benzene rings is 1. The summed E-state index contributed by atoms with van der Waals surface area (Å²) >= 11 is 0. The minimum absolute atomic E-state index is 0.000419. The first-order valence-corrected chi connectivity index (χ1v) is 6.59. The van der Waals surface area contributed by atoms with Gasteiger partial charge in [-0.05, 0) is 24.6 Å². The van der Waals surface area contributed by atoms with Crippen molar-refractivity contribution in [2.24, 2.45) is 0 Å². The van der Waals surface area contributed by atoms with Crippen LogP contribution in [-0.2, 0) is 16.6 Å². The molecule has 0 aliphatic heterocycles. The Morgan fingerprint density at radius 1 is 1.29 bits per heavy atom. The second-order valence-electron chi connectivity index (χ2n) is 3.25. The Morgan fingerprint density at radius 2 is 1.88 bits per heavy atom. The highest BCUT2D eigenvalue weighted by Crippen LogP contribution is 2.14. The van der Waals surface area contributed by atoms with Gasteiger partial charge in [-0.25, -0.2) is 13.1 Å². The summed E-state index contributed by atoms with van der Waals surface area (Å²) in [5.74, 6) is 0.0432. The maximum atomic E-state index is 11.9. The molecule has 0 aliphatic rings. The number of ether oxygens (including phenoxy) is 1. The molecule has 0 heterocycles. The SMILES string of the molecule is CCS(=O)(=O)NCc1ccc(OC(F)F)cc1. The minimum atomic E-state index is -3.25. The van der Waals surface area contributed by atoms with Crippen LogP contribution < -0.4 is 9.46 Å². The van der Waals surface area contributed by atoms with Crippen molar-refractivity contribution in [2.75, 3.05) is 5.75 Å². The molecule has 0 saturated carbocycles. The lowest BCUT2D eigenvalue weighted by atomic mass is 10.2. The van der Waals surface area contributed by atoms with Gasteiger partial charge in [-0.15, -0.1) is 0 Å². The predicted molar refractivity (Wildman–Crippen MR) is 59.4 cm³/mol. The Bertz CT molecular complexity index is 445. The van der Waals surface area contributed by atoms with Crippen molar-refractivity contribution in [3.63, 3.8) is 0 Å². The number of sulfonamides is 1. The molecule has 17 heavy (non-hydrogen) atoms. The molecule has 0 aromatic heterocycles. The zero-order valence-corrected chi connectivity index (χ0v) is 10.0. The molecule has 0 unspecified atom stereocenters. The van der Waals surface area contributed by atoms with E-state index in [4.69, 9.17) is 0 Å². The molecular weight excluding hydrogens is 252 g/mol. The molecule has 0 bridgehead atoms. The highest BCUT2D eigenvalue weighted by Gasteiger charge is 2.07. The van der Waals surface area contributed by atoms with E-state index in [1.54, 1.807) is 0 Å². The largest absolute Gasteiger partial charge is 0.435 e. The third kappa shape index (κ3) is 5.10. The molecule has 0 aliphatic carbocycles. The summed E-state index contributed by atoms with van der Waals surface area (Å²) in [6, 6.07) is 5.77. The van der Waals surface area contributed by atoms with Crippen LogP contribution in [0.2, 0.25) is 0 Å². The van der Waals surface area contributed by atoms with Crippen LogP contribution in [0.25, 0.3) is 0 Å². The molecule has 7 heteroatoms. The van der Waals surface area contributed by atoms with Crippen LogP contribution >= 0.6 is 0 Å². The standard InChI is InChI=1S/C10H13F2NO3S/c1-2-17(14,15)13-7-8-3-5-9(6-4-8)16-10(11)12/h3-6,10,13H,2,7H2,1H3. The van der Waals surface area contributed by atoms with Crippen molar-refractivity contribution in [1.29, 1.82) is 0 Å².